The molecule has 0 N–H and O–H groups in total. The van der Waals surface area contributed by atoms with Crippen LogP contribution in [0.4, 0.5) is 0 Å². The van der Waals surface area contributed by atoms with Crippen molar-refractivity contribution in [3.05, 3.63) is 35.9 Å². The third-order valence-corrected chi connectivity index (χ3v) is 5.95. The standard InChI is InChI=1S/C21H33N3O/c1-3-20(19-7-5-4-6-8-19)21(25)24-11-9-18(10-12-24)17-23-15-13-22(2)14-16-23/h4-8,18,20H,3,9-17H2,1-2H3/t20-/m1/s1. The van der Waals surface area contributed by atoms with Gasteiger partial charge in [-0.05, 0) is 37.8 Å². The third-order valence-electron chi connectivity index (χ3n) is 5.95. The van der Waals surface area contributed by atoms with E-state index in [0.717, 1.165) is 43.8 Å². The van der Waals surface area contributed by atoms with Crippen molar-refractivity contribution in [3.63, 3.8) is 0 Å². The highest BCUT2D eigenvalue weighted by molar-refractivity contribution is 5.83. The predicted molar refractivity (Wildman–Crippen MR) is 103 cm³/mol. The van der Waals surface area contributed by atoms with Crippen molar-refractivity contribution >= 4 is 5.91 Å². The maximum absolute atomic E-state index is 13.0. The van der Waals surface area contributed by atoms with E-state index in [4.69, 9.17) is 0 Å². The molecule has 0 unspecified atom stereocenters. The number of likely N-dealkylation sites (tertiary alicyclic amines) is 1. The summed E-state index contributed by atoms with van der Waals surface area (Å²) in [5, 5.41) is 0. The normalized spacial score (nSPS) is 22.1. The van der Waals surface area contributed by atoms with Crippen LogP contribution in [0, 0.1) is 5.92 Å². The Hall–Kier alpha value is -1.39. The lowest BCUT2D eigenvalue weighted by Crippen LogP contribution is -2.48. The first kappa shape index (κ1) is 18.4. The Labute approximate surface area is 152 Å². The molecule has 0 aliphatic carbocycles. The fourth-order valence-electron chi connectivity index (χ4n) is 4.19. The Bertz CT molecular complexity index is 531. The smallest absolute Gasteiger partial charge is 0.230 e. The average Bonchev–Trinajstić information content (AvgIpc) is 2.66. The van der Waals surface area contributed by atoms with Gasteiger partial charge in [-0.15, -0.1) is 0 Å². The van der Waals surface area contributed by atoms with Gasteiger partial charge in [0.05, 0.1) is 5.92 Å². The fraction of sp³-hybridized carbons (Fsp3) is 0.667. The molecule has 0 bridgehead atoms. The first-order chi connectivity index (χ1) is 12.2. The number of hydrogen-bond donors (Lipinski definition) is 0. The summed E-state index contributed by atoms with van der Waals surface area (Å²) in [6.07, 6.45) is 3.19. The van der Waals surface area contributed by atoms with Crippen LogP contribution in [0.2, 0.25) is 0 Å². The number of carbonyl (C=O) groups excluding carboxylic acids is 1. The van der Waals surface area contributed by atoms with Crippen molar-refractivity contribution in [2.45, 2.75) is 32.1 Å². The average molecular weight is 344 g/mol. The zero-order valence-corrected chi connectivity index (χ0v) is 15.9. The molecule has 2 heterocycles. The molecule has 1 atom stereocenters. The maximum Gasteiger partial charge on any atom is 0.230 e. The van der Waals surface area contributed by atoms with E-state index in [-0.39, 0.29) is 5.92 Å². The fourth-order valence-corrected chi connectivity index (χ4v) is 4.19. The molecule has 2 fully saturated rings. The molecule has 2 saturated heterocycles. The van der Waals surface area contributed by atoms with Crippen LogP contribution < -0.4 is 0 Å². The van der Waals surface area contributed by atoms with E-state index in [9.17, 15) is 4.79 Å². The van der Waals surface area contributed by atoms with Crippen LogP contribution >= 0.6 is 0 Å². The first-order valence-corrected chi connectivity index (χ1v) is 9.92. The number of piperazine rings is 1. The van der Waals surface area contributed by atoms with Crippen molar-refractivity contribution in [3.8, 4) is 0 Å². The van der Waals surface area contributed by atoms with Crippen molar-refractivity contribution in [2.75, 3.05) is 52.9 Å². The second-order valence-electron chi connectivity index (χ2n) is 7.74. The van der Waals surface area contributed by atoms with Crippen LogP contribution in [0.15, 0.2) is 30.3 Å². The van der Waals surface area contributed by atoms with Crippen LogP contribution in [0.5, 0.6) is 0 Å². The number of piperidine rings is 1. The van der Waals surface area contributed by atoms with Gasteiger partial charge in [0, 0.05) is 45.8 Å². The molecule has 0 spiro atoms. The van der Waals surface area contributed by atoms with Crippen LogP contribution in [0.25, 0.3) is 0 Å². The topological polar surface area (TPSA) is 26.8 Å². The number of hydrogen-bond acceptors (Lipinski definition) is 3. The van der Waals surface area contributed by atoms with Crippen LogP contribution in [0.1, 0.15) is 37.7 Å². The Kier molecular flexibility index (Phi) is 6.49. The van der Waals surface area contributed by atoms with E-state index in [1.54, 1.807) is 0 Å². The summed E-state index contributed by atoms with van der Waals surface area (Å²) in [6, 6.07) is 10.3. The molecule has 4 nitrogen and oxygen atoms in total. The molecule has 1 aromatic rings. The number of likely N-dealkylation sites (N-methyl/N-ethyl adjacent to an activating group) is 1. The summed E-state index contributed by atoms with van der Waals surface area (Å²) in [5.41, 5.74) is 1.16. The number of carbonyl (C=O) groups is 1. The molecule has 4 heteroatoms. The summed E-state index contributed by atoms with van der Waals surface area (Å²) in [7, 11) is 2.21. The zero-order chi connectivity index (χ0) is 17.6. The minimum atomic E-state index is 0.0235. The van der Waals surface area contributed by atoms with Crippen LogP contribution in [0.3, 0.4) is 0 Å². The van der Waals surface area contributed by atoms with E-state index in [1.165, 1.54) is 32.7 Å². The van der Waals surface area contributed by atoms with Crippen molar-refractivity contribution < 1.29 is 4.79 Å². The Morgan fingerprint density at radius 3 is 2.28 bits per heavy atom. The van der Waals surface area contributed by atoms with Crippen molar-refractivity contribution in [2.24, 2.45) is 5.92 Å². The van der Waals surface area contributed by atoms with Gasteiger partial charge in [0.15, 0.2) is 0 Å². The first-order valence-electron chi connectivity index (χ1n) is 9.92. The molecule has 25 heavy (non-hydrogen) atoms. The predicted octanol–water partition coefficient (Wildman–Crippen LogP) is 2.67. The van der Waals surface area contributed by atoms with E-state index in [0.29, 0.717) is 5.91 Å². The van der Waals surface area contributed by atoms with Gasteiger partial charge in [-0.2, -0.15) is 0 Å². The van der Waals surface area contributed by atoms with Crippen LogP contribution in [-0.2, 0) is 4.79 Å². The van der Waals surface area contributed by atoms with Gasteiger partial charge in [-0.25, -0.2) is 0 Å². The molecule has 0 aromatic heterocycles. The van der Waals surface area contributed by atoms with Gasteiger partial charge < -0.3 is 14.7 Å². The van der Waals surface area contributed by atoms with Gasteiger partial charge in [0.1, 0.15) is 0 Å². The van der Waals surface area contributed by atoms with Crippen molar-refractivity contribution in [1.29, 1.82) is 0 Å². The lowest BCUT2D eigenvalue weighted by molar-refractivity contribution is -0.134. The summed E-state index contributed by atoms with van der Waals surface area (Å²) in [5.74, 6) is 1.10. The SMILES string of the molecule is CC[C@@H](C(=O)N1CCC(CN2CCN(C)CC2)CC1)c1ccccc1. The molecule has 1 aromatic carbocycles. The van der Waals surface area contributed by atoms with E-state index >= 15 is 0 Å². The lowest BCUT2D eigenvalue weighted by atomic mass is 9.91. The highest BCUT2D eigenvalue weighted by Crippen LogP contribution is 2.26. The second-order valence-corrected chi connectivity index (χ2v) is 7.74. The molecule has 0 saturated carbocycles. The van der Waals surface area contributed by atoms with E-state index in [2.05, 4.69) is 40.8 Å². The van der Waals surface area contributed by atoms with Gasteiger partial charge in [0.25, 0.3) is 0 Å². The third kappa shape index (κ3) is 4.83. The number of nitrogens with zero attached hydrogens (tertiary/aromatic N) is 3. The Morgan fingerprint density at radius 1 is 1.04 bits per heavy atom. The summed E-state index contributed by atoms with van der Waals surface area (Å²) in [6.45, 7) is 9.96. The molecule has 138 valence electrons. The Balaban J connectivity index is 1.49. The largest absolute Gasteiger partial charge is 0.342 e. The highest BCUT2D eigenvalue weighted by atomic mass is 16.2. The van der Waals surface area contributed by atoms with E-state index < -0.39 is 0 Å². The van der Waals surface area contributed by atoms with Gasteiger partial charge in [0.2, 0.25) is 5.91 Å². The summed E-state index contributed by atoms with van der Waals surface area (Å²) < 4.78 is 0. The van der Waals surface area contributed by atoms with Crippen molar-refractivity contribution in [1.82, 2.24) is 14.7 Å². The molecule has 0 radical (unpaired) electrons. The number of rotatable bonds is 5. The number of amides is 1. The quantitative estimate of drug-likeness (QED) is 0.822. The molecule has 2 aliphatic heterocycles. The maximum atomic E-state index is 13.0. The summed E-state index contributed by atoms with van der Waals surface area (Å²) >= 11 is 0. The minimum absolute atomic E-state index is 0.0235. The minimum Gasteiger partial charge on any atom is -0.342 e. The molecular weight excluding hydrogens is 310 g/mol. The second kappa shape index (κ2) is 8.81. The molecular formula is C21H33N3O. The lowest BCUT2D eigenvalue weighted by Gasteiger charge is -2.38. The van der Waals surface area contributed by atoms with Gasteiger partial charge >= 0.3 is 0 Å². The molecule has 3 rings (SSSR count). The summed E-state index contributed by atoms with van der Waals surface area (Å²) in [4.78, 5) is 20.1. The monoisotopic (exact) mass is 343 g/mol. The molecule has 1 amide bonds. The number of benzene rings is 1. The molecule has 2 aliphatic rings. The van der Waals surface area contributed by atoms with E-state index in [1.807, 2.05) is 18.2 Å². The van der Waals surface area contributed by atoms with Crippen LogP contribution in [-0.4, -0.2) is 73.5 Å². The van der Waals surface area contributed by atoms with Gasteiger partial charge in [-0.3, -0.25) is 4.79 Å². The highest BCUT2D eigenvalue weighted by Gasteiger charge is 2.29. The Morgan fingerprint density at radius 2 is 1.68 bits per heavy atom. The van der Waals surface area contributed by atoms with Gasteiger partial charge in [-0.1, -0.05) is 37.3 Å². The zero-order valence-electron chi connectivity index (χ0n) is 15.9.